The Kier molecular flexibility index (Phi) is 7.56. The van der Waals surface area contributed by atoms with Crippen LogP contribution in [0.3, 0.4) is 0 Å². The monoisotopic (exact) mass is 332 g/mol. The highest BCUT2D eigenvalue weighted by Crippen LogP contribution is 2.25. The second-order valence-electron chi connectivity index (χ2n) is 5.39. The van der Waals surface area contributed by atoms with Crippen molar-refractivity contribution < 1.29 is 14.3 Å². The lowest BCUT2D eigenvalue weighted by molar-refractivity contribution is -0.123. The zero-order valence-electron chi connectivity index (χ0n) is 14.5. The molecule has 7 heteroatoms. The van der Waals surface area contributed by atoms with E-state index in [1.165, 1.54) is 6.07 Å². The summed E-state index contributed by atoms with van der Waals surface area (Å²) in [6.45, 7) is 7.71. The minimum Gasteiger partial charge on any atom is -0.492 e. The third-order valence-corrected chi connectivity index (χ3v) is 3.40. The second-order valence-corrected chi connectivity index (χ2v) is 5.39. The van der Waals surface area contributed by atoms with Crippen LogP contribution in [0.4, 0.5) is 10.5 Å². The number of benzene rings is 1. The Balaban J connectivity index is 2.73. The van der Waals surface area contributed by atoms with Gasteiger partial charge in [-0.25, -0.2) is 4.79 Å². The maximum atomic E-state index is 12.1. The van der Waals surface area contributed by atoms with Crippen molar-refractivity contribution in [2.45, 2.75) is 46.2 Å². The Bertz CT molecular complexity index is 625. The van der Waals surface area contributed by atoms with Crippen molar-refractivity contribution in [1.29, 1.82) is 5.26 Å². The molecule has 130 valence electrons. The molecule has 0 aliphatic heterocycles. The Morgan fingerprint density at radius 2 is 1.96 bits per heavy atom. The highest BCUT2D eigenvalue weighted by molar-refractivity contribution is 5.94. The highest BCUT2D eigenvalue weighted by Gasteiger charge is 2.17. The molecule has 3 amide bonds. The van der Waals surface area contributed by atoms with Crippen molar-refractivity contribution in [2.75, 3.05) is 11.9 Å². The van der Waals surface area contributed by atoms with E-state index in [0.717, 1.165) is 6.42 Å². The fourth-order valence-corrected chi connectivity index (χ4v) is 1.87. The summed E-state index contributed by atoms with van der Waals surface area (Å²) in [5.74, 6) is 0.207. The number of carbonyl (C=O) groups is 2. The van der Waals surface area contributed by atoms with Gasteiger partial charge in [0.15, 0.2) is 0 Å². The number of rotatable bonds is 7. The summed E-state index contributed by atoms with van der Waals surface area (Å²) in [6, 6.07) is 5.57. The Hall–Kier alpha value is -2.75. The van der Waals surface area contributed by atoms with Gasteiger partial charge in [-0.05, 0) is 45.4 Å². The van der Waals surface area contributed by atoms with E-state index < -0.39 is 12.1 Å². The number of hydrogen-bond acceptors (Lipinski definition) is 4. The molecule has 0 heterocycles. The SMILES string of the molecule is CCOc1ccc(C#N)cc1NC(=O)NC(C)C(=O)NC(C)CC. The molecule has 1 rings (SSSR count). The molecule has 0 bridgehead atoms. The molecule has 0 saturated heterocycles. The van der Waals surface area contributed by atoms with E-state index in [9.17, 15) is 9.59 Å². The number of nitrogens with zero attached hydrogens (tertiary/aromatic N) is 1. The smallest absolute Gasteiger partial charge is 0.319 e. The molecule has 0 saturated carbocycles. The van der Waals surface area contributed by atoms with Crippen molar-refractivity contribution in [3.63, 3.8) is 0 Å². The fourth-order valence-electron chi connectivity index (χ4n) is 1.87. The third kappa shape index (κ3) is 5.80. The van der Waals surface area contributed by atoms with Gasteiger partial charge in [0.25, 0.3) is 0 Å². The summed E-state index contributed by atoms with van der Waals surface area (Å²) in [7, 11) is 0. The van der Waals surface area contributed by atoms with E-state index in [0.29, 0.717) is 23.6 Å². The van der Waals surface area contributed by atoms with Gasteiger partial charge < -0.3 is 20.7 Å². The molecule has 3 N–H and O–H groups in total. The minimum atomic E-state index is -0.686. The van der Waals surface area contributed by atoms with Crippen molar-refractivity contribution in [2.24, 2.45) is 0 Å². The lowest BCUT2D eigenvalue weighted by atomic mass is 10.2. The van der Waals surface area contributed by atoms with Crippen molar-refractivity contribution >= 4 is 17.6 Å². The summed E-state index contributed by atoms with van der Waals surface area (Å²) in [6.07, 6.45) is 0.809. The standard InChI is InChI=1S/C17H24N4O3/c1-5-11(3)19-16(22)12(4)20-17(23)21-14-9-13(10-18)7-8-15(14)24-6-2/h7-9,11-12H,5-6H2,1-4H3,(H,19,22)(H2,20,21,23). The maximum absolute atomic E-state index is 12.1. The van der Waals surface area contributed by atoms with Crippen LogP contribution in [0.2, 0.25) is 0 Å². The van der Waals surface area contributed by atoms with Crippen molar-refractivity contribution in [3.8, 4) is 11.8 Å². The van der Waals surface area contributed by atoms with E-state index in [-0.39, 0.29) is 11.9 Å². The predicted octanol–water partition coefficient (Wildman–Crippen LogP) is 2.38. The summed E-state index contributed by atoms with van der Waals surface area (Å²) < 4.78 is 5.43. The van der Waals surface area contributed by atoms with Crippen LogP contribution in [0, 0.1) is 11.3 Å². The predicted molar refractivity (Wildman–Crippen MR) is 91.8 cm³/mol. The lowest BCUT2D eigenvalue weighted by Gasteiger charge is -2.18. The van der Waals surface area contributed by atoms with E-state index in [1.54, 1.807) is 19.1 Å². The van der Waals surface area contributed by atoms with Crippen LogP contribution in [0.15, 0.2) is 18.2 Å². The number of nitrogens with one attached hydrogen (secondary N) is 3. The van der Waals surface area contributed by atoms with Gasteiger partial charge in [0.05, 0.1) is 23.9 Å². The molecular weight excluding hydrogens is 308 g/mol. The first-order valence-corrected chi connectivity index (χ1v) is 7.96. The Labute approximate surface area is 142 Å². The molecule has 24 heavy (non-hydrogen) atoms. The number of anilines is 1. The number of amides is 3. The van der Waals surface area contributed by atoms with Gasteiger partial charge in [0.2, 0.25) is 5.91 Å². The second kappa shape index (κ2) is 9.40. The van der Waals surface area contributed by atoms with E-state index >= 15 is 0 Å². The lowest BCUT2D eigenvalue weighted by Crippen LogP contribution is -2.48. The molecule has 1 aromatic carbocycles. The molecule has 1 aromatic rings. The first kappa shape index (κ1) is 19.3. The summed E-state index contributed by atoms with van der Waals surface area (Å²) in [5.41, 5.74) is 0.777. The van der Waals surface area contributed by atoms with Gasteiger partial charge in [0.1, 0.15) is 11.8 Å². The summed E-state index contributed by atoms with van der Waals surface area (Å²) >= 11 is 0. The maximum Gasteiger partial charge on any atom is 0.319 e. The Morgan fingerprint density at radius 1 is 1.25 bits per heavy atom. The number of nitriles is 1. The molecule has 0 aliphatic rings. The average Bonchev–Trinajstić information content (AvgIpc) is 2.56. The van der Waals surface area contributed by atoms with Crippen LogP contribution in [0.25, 0.3) is 0 Å². The quantitative estimate of drug-likeness (QED) is 0.713. The molecule has 2 atom stereocenters. The first-order chi connectivity index (χ1) is 11.4. The summed E-state index contributed by atoms with van der Waals surface area (Å²) in [4.78, 5) is 24.0. The minimum absolute atomic E-state index is 0.0432. The normalized spacial score (nSPS) is 12.5. The van der Waals surface area contributed by atoms with Crippen molar-refractivity contribution in [1.82, 2.24) is 10.6 Å². The van der Waals surface area contributed by atoms with Gasteiger partial charge in [0, 0.05) is 6.04 Å². The van der Waals surface area contributed by atoms with E-state index in [2.05, 4.69) is 16.0 Å². The van der Waals surface area contributed by atoms with Crippen molar-refractivity contribution in [3.05, 3.63) is 23.8 Å². The Morgan fingerprint density at radius 3 is 2.54 bits per heavy atom. The molecule has 0 fully saturated rings. The third-order valence-electron chi connectivity index (χ3n) is 3.40. The fraction of sp³-hybridized carbons (Fsp3) is 0.471. The van der Waals surface area contributed by atoms with E-state index in [4.69, 9.17) is 10.00 Å². The summed E-state index contributed by atoms with van der Waals surface area (Å²) in [5, 5.41) is 17.0. The van der Waals surface area contributed by atoms with Gasteiger partial charge in [-0.2, -0.15) is 5.26 Å². The van der Waals surface area contributed by atoms with Crippen LogP contribution >= 0.6 is 0 Å². The van der Waals surface area contributed by atoms with Crippen LogP contribution in [0.1, 0.15) is 39.7 Å². The highest BCUT2D eigenvalue weighted by atomic mass is 16.5. The molecule has 2 unspecified atom stereocenters. The largest absolute Gasteiger partial charge is 0.492 e. The van der Waals surface area contributed by atoms with Crippen LogP contribution in [-0.2, 0) is 4.79 Å². The van der Waals surface area contributed by atoms with Crippen LogP contribution in [0.5, 0.6) is 5.75 Å². The first-order valence-electron chi connectivity index (χ1n) is 7.96. The number of urea groups is 1. The molecule has 0 radical (unpaired) electrons. The van der Waals surface area contributed by atoms with Crippen LogP contribution in [-0.4, -0.2) is 30.6 Å². The topological polar surface area (TPSA) is 103 Å². The van der Waals surface area contributed by atoms with Crippen LogP contribution < -0.4 is 20.7 Å². The number of carbonyl (C=O) groups excluding carboxylic acids is 2. The van der Waals surface area contributed by atoms with Gasteiger partial charge in [-0.1, -0.05) is 6.92 Å². The number of hydrogen-bond donors (Lipinski definition) is 3. The molecular formula is C17H24N4O3. The van der Waals surface area contributed by atoms with Gasteiger partial charge in [-0.15, -0.1) is 0 Å². The molecule has 7 nitrogen and oxygen atoms in total. The molecule has 0 aliphatic carbocycles. The molecule has 0 spiro atoms. The number of ether oxygens (including phenoxy) is 1. The average molecular weight is 332 g/mol. The van der Waals surface area contributed by atoms with Gasteiger partial charge >= 0.3 is 6.03 Å². The molecule has 0 aromatic heterocycles. The van der Waals surface area contributed by atoms with E-state index in [1.807, 2.05) is 26.8 Å². The van der Waals surface area contributed by atoms with Gasteiger partial charge in [-0.3, -0.25) is 4.79 Å². The zero-order chi connectivity index (χ0) is 18.1. The zero-order valence-corrected chi connectivity index (χ0v) is 14.5.